The maximum absolute atomic E-state index is 12.0. The molecule has 1 heterocycles. The molecule has 0 spiro atoms. The molecule has 0 fully saturated rings. The molecule has 0 aliphatic rings. The number of hydrogen-bond donors (Lipinski definition) is 2. The number of hydrogen-bond acceptors (Lipinski definition) is 4. The first-order valence-corrected chi connectivity index (χ1v) is 6.46. The molecule has 20 heavy (non-hydrogen) atoms. The van der Waals surface area contributed by atoms with Crippen molar-refractivity contribution in [3.8, 4) is 0 Å². The van der Waals surface area contributed by atoms with E-state index in [4.69, 9.17) is 5.11 Å². The molecule has 0 bridgehead atoms. The number of anilines is 1. The minimum Gasteiger partial charge on any atom is -0.396 e. The summed E-state index contributed by atoms with van der Waals surface area (Å²) in [6.07, 6.45) is 2.11. The highest BCUT2D eigenvalue weighted by Gasteiger charge is 2.09. The summed E-state index contributed by atoms with van der Waals surface area (Å²) in [4.78, 5) is 12.0. The molecule has 2 rings (SSSR count). The second-order valence-corrected chi connectivity index (χ2v) is 4.70. The number of aliphatic hydroxyl groups is 1. The number of carbonyl (C=O) groups excluding carboxylic acids is 1. The number of nitrogens with zero attached hydrogens (tertiary/aromatic N) is 3. The molecule has 0 unspecified atom stereocenters. The summed E-state index contributed by atoms with van der Waals surface area (Å²) in [5.41, 5.74) is 3.57. The van der Waals surface area contributed by atoms with E-state index in [9.17, 15) is 4.79 Å². The Kier molecular flexibility index (Phi) is 4.47. The molecule has 0 radical (unpaired) electrons. The highest BCUT2D eigenvalue weighted by Crippen LogP contribution is 2.19. The quantitative estimate of drug-likeness (QED) is 0.854. The molecule has 1 amide bonds. The van der Waals surface area contributed by atoms with E-state index >= 15 is 0 Å². The monoisotopic (exact) mass is 274 g/mol. The van der Waals surface area contributed by atoms with Crippen LogP contribution in [0.5, 0.6) is 0 Å². The summed E-state index contributed by atoms with van der Waals surface area (Å²) in [6.45, 7) is 4.04. The van der Waals surface area contributed by atoms with E-state index < -0.39 is 0 Å². The van der Waals surface area contributed by atoms with E-state index in [0.29, 0.717) is 12.1 Å². The predicted octanol–water partition coefficient (Wildman–Crippen LogP) is 1.07. The molecule has 6 heteroatoms. The summed E-state index contributed by atoms with van der Waals surface area (Å²) in [5, 5.41) is 19.4. The molecule has 6 nitrogen and oxygen atoms in total. The maximum atomic E-state index is 12.0. The Morgan fingerprint density at radius 1 is 1.35 bits per heavy atom. The highest BCUT2D eigenvalue weighted by atomic mass is 16.3. The Bertz CT molecular complexity index is 587. The first-order chi connectivity index (χ1) is 9.60. The maximum Gasteiger partial charge on any atom is 0.246 e. The van der Waals surface area contributed by atoms with Crippen LogP contribution >= 0.6 is 0 Å². The fraction of sp³-hybridized carbons (Fsp3) is 0.357. The zero-order valence-electron chi connectivity index (χ0n) is 11.6. The van der Waals surface area contributed by atoms with Crippen molar-refractivity contribution in [3.05, 3.63) is 41.2 Å². The van der Waals surface area contributed by atoms with Gasteiger partial charge in [0.1, 0.15) is 6.54 Å². The average molecular weight is 274 g/mol. The average Bonchev–Trinajstić information content (AvgIpc) is 2.82. The molecular weight excluding hydrogens is 256 g/mol. The van der Waals surface area contributed by atoms with Gasteiger partial charge in [0.05, 0.1) is 5.69 Å². The standard InChI is InChI=1S/C14H18N4O2/c1-10-4-3-5-11(2)14(10)15-13(20)9-18-8-12(6-7-19)16-17-18/h3-5,8,19H,6-7,9H2,1-2H3,(H,15,20). The van der Waals surface area contributed by atoms with Crippen LogP contribution in [0.25, 0.3) is 0 Å². The number of aryl methyl sites for hydroxylation is 2. The lowest BCUT2D eigenvalue weighted by Crippen LogP contribution is -2.20. The Morgan fingerprint density at radius 3 is 2.70 bits per heavy atom. The number of aromatic nitrogens is 3. The smallest absolute Gasteiger partial charge is 0.246 e. The third-order valence-electron chi connectivity index (χ3n) is 3.01. The van der Waals surface area contributed by atoms with Gasteiger partial charge in [-0.15, -0.1) is 5.10 Å². The Hall–Kier alpha value is -2.21. The van der Waals surface area contributed by atoms with Crippen LogP contribution in [-0.4, -0.2) is 32.6 Å². The van der Waals surface area contributed by atoms with Crippen LogP contribution in [0.2, 0.25) is 0 Å². The van der Waals surface area contributed by atoms with Gasteiger partial charge in [-0.05, 0) is 25.0 Å². The first kappa shape index (κ1) is 14.2. The van der Waals surface area contributed by atoms with Crippen molar-refractivity contribution in [3.63, 3.8) is 0 Å². The van der Waals surface area contributed by atoms with Gasteiger partial charge in [0.15, 0.2) is 0 Å². The summed E-state index contributed by atoms with van der Waals surface area (Å²) < 4.78 is 1.47. The number of amides is 1. The molecule has 0 atom stereocenters. The number of carbonyl (C=O) groups is 1. The van der Waals surface area contributed by atoms with E-state index in [1.165, 1.54) is 4.68 Å². The second-order valence-electron chi connectivity index (χ2n) is 4.70. The first-order valence-electron chi connectivity index (χ1n) is 6.46. The molecule has 1 aromatic carbocycles. The molecule has 106 valence electrons. The lowest BCUT2D eigenvalue weighted by molar-refractivity contribution is -0.116. The third kappa shape index (κ3) is 3.42. The largest absolute Gasteiger partial charge is 0.396 e. The molecule has 0 saturated heterocycles. The molecule has 0 aliphatic heterocycles. The van der Waals surface area contributed by atoms with Crippen LogP contribution in [-0.2, 0) is 17.8 Å². The van der Waals surface area contributed by atoms with Crippen molar-refractivity contribution in [2.45, 2.75) is 26.8 Å². The van der Waals surface area contributed by atoms with Crippen molar-refractivity contribution in [2.75, 3.05) is 11.9 Å². The van der Waals surface area contributed by atoms with Gasteiger partial charge >= 0.3 is 0 Å². The Morgan fingerprint density at radius 2 is 2.05 bits per heavy atom. The SMILES string of the molecule is Cc1cccc(C)c1NC(=O)Cn1cc(CCO)nn1. The van der Waals surface area contributed by atoms with Gasteiger partial charge in [-0.2, -0.15) is 0 Å². The van der Waals surface area contributed by atoms with Crippen LogP contribution in [0.15, 0.2) is 24.4 Å². The lowest BCUT2D eigenvalue weighted by Gasteiger charge is -2.11. The number of benzene rings is 1. The van der Waals surface area contributed by atoms with Gasteiger partial charge in [-0.3, -0.25) is 4.79 Å². The minimum absolute atomic E-state index is 0.0211. The highest BCUT2D eigenvalue weighted by molar-refractivity contribution is 5.92. The van der Waals surface area contributed by atoms with Crippen LogP contribution in [0.4, 0.5) is 5.69 Å². The minimum atomic E-state index is -0.150. The molecule has 2 aromatic rings. The molecule has 2 N–H and O–H groups in total. The van der Waals surface area contributed by atoms with Gasteiger partial charge in [0.25, 0.3) is 0 Å². The predicted molar refractivity (Wildman–Crippen MR) is 75.4 cm³/mol. The van der Waals surface area contributed by atoms with Crippen molar-refractivity contribution in [1.82, 2.24) is 15.0 Å². The summed E-state index contributed by atoms with van der Waals surface area (Å²) in [7, 11) is 0. The molecule has 0 saturated carbocycles. The fourth-order valence-electron chi connectivity index (χ4n) is 1.98. The van der Waals surface area contributed by atoms with Crippen molar-refractivity contribution >= 4 is 11.6 Å². The van der Waals surface area contributed by atoms with Gasteiger partial charge in [0.2, 0.25) is 5.91 Å². The number of aliphatic hydroxyl groups excluding tert-OH is 1. The van der Waals surface area contributed by atoms with Crippen LogP contribution in [0, 0.1) is 13.8 Å². The summed E-state index contributed by atoms with van der Waals surface area (Å²) in [6, 6.07) is 5.87. The lowest BCUT2D eigenvalue weighted by atomic mass is 10.1. The summed E-state index contributed by atoms with van der Waals surface area (Å²) >= 11 is 0. The molecular formula is C14H18N4O2. The molecule has 0 aliphatic carbocycles. The third-order valence-corrected chi connectivity index (χ3v) is 3.01. The number of rotatable bonds is 5. The van der Waals surface area contributed by atoms with Gasteiger partial charge in [-0.25, -0.2) is 4.68 Å². The Balaban J connectivity index is 2.01. The van der Waals surface area contributed by atoms with E-state index in [0.717, 1.165) is 16.8 Å². The van der Waals surface area contributed by atoms with E-state index in [2.05, 4.69) is 15.6 Å². The van der Waals surface area contributed by atoms with E-state index in [1.807, 2.05) is 32.0 Å². The zero-order valence-corrected chi connectivity index (χ0v) is 11.6. The van der Waals surface area contributed by atoms with Gasteiger partial charge in [0, 0.05) is 24.9 Å². The number of para-hydroxylation sites is 1. The van der Waals surface area contributed by atoms with Gasteiger partial charge in [-0.1, -0.05) is 23.4 Å². The van der Waals surface area contributed by atoms with Crippen molar-refractivity contribution < 1.29 is 9.90 Å². The molecule has 1 aromatic heterocycles. The van der Waals surface area contributed by atoms with Crippen LogP contribution in [0.1, 0.15) is 16.8 Å². The normalized spacial score (nSPS) is 10.6. The fourth-order valence-corrected chi connectivity index (χ4v) is 1.98. The van der Waals surface area contributed by atoms with Crippen molar-refractivity contribution in [1.29, 1.82) is 0 Å². The van der Waals surface area contributed by atoms with E-state index in [1.54, 1.807) is 6.20 Å². The number of nitrogens with one attached hydrogen (secondary N) is 1. The zero-order chi connectivity index (χ0) is 14.5. The van der Waals surface area contributed by atoms with Crippen molar-refractivity contribution in [2.24, 2.45) is 0 Å². The summed E-state index contributed by atoms with van der Waals surface area (Å²) in [5.74, 6) is -0.150. The Labute approximate surface area is 117 Å². The van der Waals surface area contributed by atoms with E-state index in [-0.39, 0.29) is 19.1 Å². The van der Waals surface area contributed by atoms with Gasteiger partial charge < -0.3 is 10.4 Å². The second kappa shape index (κ2) is 6.29. The van der Waals surface area contributed by atoms with Crippen LogP contribution < -0.4 is 5.32 Å². The topological polar surface area (TPSA) is 80.0 Å². The van der Waals surface area contributed by atoms with Crippen LogP contribution in [0.3, 0.4) is 0 Å².